The Morgan fingerprint density at radius 3 is 2.68 bits per heavy atom. The summed E-state index contributed by atoms with van der Waals surface area (Å²) in [4.78, 5) is 40.8. The number of H-pyrrole nitrogens is 1. The molecular weight excluding hydrogens is 480 g/mol. The molecule has 38 heavy (non-hydrogen) atoms. The van der Waals surface area contributed by atoms with Crippen molar-refractivity contribution in [3.63, 3.8) is 0 Å². The predicted octanol–water partition coefficient (Wildman–Crippen LogP) is 3.85. The molecule has 2 aromatic heterocycles. The van der Waals surface area contributed by atoms with Gasteiger partial charge in [0.2, 0.25) is 5.91 Å². The average molecular weight is 511 g/mol. The Labute approximate surface area is 220 Å². The van der Waals surface area contributed by atoms with Gasteiger partial charge in [0.15, 0.2) is 0 Å². The van der Waals surface area contributed by atoms with Crippen molar-refractivity contribution in [1.82, 2.24) is 24.8 Å². The minimum absolute atomic E-state index is 0.0138. The van der Waals surface area contributed by atoms with Gasteiger partial charge in [-0.05, 0) is 36.3 Å². The van der Waals surface area contributed by atoms with Crippen molar-refractivity contribution in [1.29, 1.82) is 0 Å². The molecule has 0 unspecified atom stereocenters. The monoisotopic (exact) mass is 510 g/mol. The number of hydrogen-bond donors (Lipinski definition) is 2. The molecule has 2 amide bonds. The third-order valence-electron chi connectivity index (χ3n) is 7.54. The van der Waals surface area contributed by atoms with Crippen LogP contribution in [-0.2, 0) is 4.79 Å². The van der Waals surface area contributed by atoms with Gasteiger partial charge in [-0.15, -0.1) is 0 Å². The first-order valence-corrected chi connectivity index (χ1v) is 13.0. The van der Waals surface area contributed by atoms with Gasteiger partial charge in [-0.25, -0.2) is 9.97 Å². The summed E-state index contributed by atoms with van der Waals surface area (Å²) < 4.78 is 6.24. The van der Waals surface area contributed by atoms with E-state index in [1.54, 1.807) is 11.1 Å². The van der Waals surface area contributed by atoms with Gasteiger partial charge in [-0.3, -0.25) is 9.59 Å². The van der Waals surface area contributed by atoms with Crippen molar-refractivity contribution in [3.05, 3.63) is 73.2 Å². The zero-order valence-corrected chi connectivity index (χ0v) is 21.1. The fourth-order valence-corrected chi connectivity index (χ4v) is 5.32. The number of nitrogens with one attached hydrogen (secondary N) is 2. The number of nitrogens with zero attached hydrogens (tertiary/aromatic N) is 4. The van der Waals surface area contributed by atoms with Gasteiger partial charge in [-0.1, -0.05) is 43.0 Å². The standard InChI is InChI=1S/C29H30N6O3/c1-2-25(36)34-12-10-19(11-13-34)14-30-27-26-23(15-31-28(26)33-18-32-27)29(37)35-16-21(17-35)38-24-9-5-7-20-6-3-4-8-22(20)24/h2-9,15,18-19,21H,1,10-14,16-17H2,(H2,30,31,32,33). The first-order chi connectivity index (χ1) is 18.6. The minimum Gasteiger partial charge on any atom is -0.486 e. The van der Waals surface area contributed by atoms with Crippen LogP contribution >= 0.6 is 0 Å². The number of likely N-dealkylation sites (tertiary alicyclic amines) is 2. The number of aromatic nitrogens is 3. The lowest BCUT2D eigenvalue weighted by Gasteiger charge is -2.39. The van der Waals surface area contributed by atoms with Crippen molar-refractivity contribution >= 4 is 39.4 Å². The normalized spacial score (nSPS) is 16.4. The zero-order valence-electron chi connectivity index (χ0n) is 21.1. The number of benzene rings is 2. The molecule has 4 heterocycles. The van der Waals surface area contributed by atoms with Crippen LogP contribution in [0.25, 0.3) is 21.8 Å². The van der Waals surface area contributed by atoms with Crippen molar-refractivity contribution in [3.8, 4) is 5.75 Å². The second-order valence-electron chi connectivity index (χ2n) is 9.93. The van der Waals surface area contributed by atoms with Gasteiger partial charge >= 0.3 is 0 Å². The number of fused-ring (bicyclic) bond motifs is 2. The third kappa shape index (κ3) is 4.55. The highest BCUT2D eigenvalue weighted by Crippen LogP contribution is 2.30. The fourth-order valence-electron chi connectivity index (χ4n) is 5.32. The van der Waals surface area contributed by atoms with Crippen LogP contribution in [0.15, 0.2) is 67.6 Å². The molecular formula is C29H30N6O3. The molecule has 9 nitrogen and oxygen atoms in total. The van der Waals surface area contributed by atoms with E-state index in [4.69, 9.17) is 4.74 Å². The summed E-state index contributed by atoms with van der Waals surface area (Å²) in [5, 5.41) is 6.35. The molecule has 0 bridgehead atoms. The number of carbonyl (C=O) groups excluding carboxylic acids is 2. The molecule has 0 aliphatic carbocycles. The lowest BCUT2D eigenvalue weighted by atomic mass is 9.96. The lowest BCUT2D eigenvalue weighted by Crippen LogP contribution is -2.56. The van der Waals surface area contributed by atoms with Crippen molar-refractivity contribution in [2.75, 3.05) is 38.0 Å². The number of amides is 2. The van der Waals surface area contributed by atoms with Crippen LogP contribution in [0, 0.1) is 5.92 Å². The van der Waals surface area contributed by atoms with Gasteiger partial charge in [-0.2, -0.15) is 0 Å². The summed E-state index contributed by atoms with van der Waals surface area (Å²) in [7, 11) is 0. The second kappa shape index (κ2) is 10.2. The molecule has 2 saturated heterocycles. The molecule has 4 aromatic rings. The molecule has 9 heteroatoms. The number of piperidine rings is 1. The van der Waals surface area contributed by atoms with E-state index in [1.807, 2.05) is 29.2 Å². The van der Waals surface area contributed by atoms with E-state index in [0.717, 1.165) is 42.5 Å². The first kappa shape index (κ1) is 24.0. The van der Waals surface area contributed by atoms with E-state index in [-0.39, 0.29) is 17.9 Å². The molecule has 0 saturated carbocycles. The number of aromatic amines is 1. The Bertz CT molecular complexity index is 1500. The number of carbonyl (C=O) groups is 2. The smallest absolute Gasteiger partial charge is 0.256 e. The number of hydrogen-bond acceptors (Lipinski definition) is 6. The van der Waals surface area contributed by atoms with Gasteiger partial charge in [0.1, 0.15) is 29.6 Å². The molecule has 2 aliphatic heterocycles. The minimum atomic E-state index is -0.0666. The molecule has 2 N–H and O–H groups in total. The van der Waals surface area contributed by atoms with Crippen molar-refractivity contribution < 1.29 is 14.3 Å². The molecule has 6 rings (SSSR count). The first-order valence-electron chi connectivity index (χ1n) is 13.0. The maximum atomic E-state index is 13.4. The maximum absolute atomic E-state index is 13.4. The summed E-state index contributed by atoms with van der Waals surface area (Å²) in [6.07, 6.45) is 6.35. The van der Waals surface area contributed by atoms with Crippen LogP contribution in [0.2, 0.25) is 0 Å². The fraction of sp³-hybridized carbons (Fsp3) is 0.310. The molecule has 0 radical (unpaired) electrons. The van der Waals surface area contributed by atoms with Crippen LogP contribution in [-0.4, -0.2) is 75.4 Å². The highest BCUT2D eigenvalue weighted by molar-refractivity contribution is 6.09. The SMILES string of the molecule is C=CC(=O)N1CCC(CNc2ncnc3[nH]cc(C(=O)N4CC(Oc5cccc6ccccc56)C4)c23)CC1. The highest BCUT2D eigenvalue weighted by atomic mass is 16.5. The summed E-state index contributed by atoms with van der Waals surface area (Å²) in [6, 6.07) is 14.2. The molecule has 0 spiro atoms. The van der Waals surface area contributed by atoms with Gasteiger partial charge in [0.25, 0.3) is 5.91 Å². The van der Waals surface area contributed by atoms with E-state index in [9.17, 15) is 9.59 Å². The Morgan fingerprint density at radius 1 is 1.08 bits per heavy atom. The van der Waals surface area contributed by atoms with E-state index in [2.05, 4.69) is 45.0 Å². The van der Waals surface area contributed by atoms with Gasteiger partial charge in [0.05, 0.1) is 24.0 Å². The highest BCUT2D eigenvalue weighted by Gasteiger charge is 2.34. The van der Waals surface area contributed by atoms with E-state index >= 15 is 0 Å². The van der Waals surface area contributed by atoms with Crippen LogP contribution in [0.4, 0.5) is 5.82 Å². The largest absolute Gasteiger partial charge is 0.486 e. The van der Waals surface area contributed by atoms with Crippen molar-refractivity contribution in [2.45, 2.75) is 18.9 Å². The van der Waals surface area contributed by atoms with E-state index < -0.39 is 0 Å². The summed E-state index contributed by atoms with van der Waals surface area (Å²) in [5.74, 6) is 1.82. The molecule has 194 valence electrons. The predicted molar refractivity (Wildman–Crippen MR) is 146 cm³/mol. The molecule has 2 aromatic carbocycles. The number of anilines is 1. The Kier molecular flexibility index (Phi) is 6.41. The summed E-state index contributed by atoms with van der Waals surface area (Å²) in [5.41, 5.74) is 1.18. The summed E-state index contributed by atoms with van der Waals surface area (Å²) >= 11 is 0. The van der Waals surface area contributed by atoms with E-state index in [1.165, 1.54) is 12.4 Å². The van der Waals surface area contributed by atoms with Gasteiger partial charge in [0, 0.05) is 31.2 Å². The Morgan fingerprint density at radius 2 is 1.87 bits per heavy atom. The Balaban J connectivity index is 1.10. The molecule has 2 fully saturated rings. The quantitative estimate of drug-likeness (QED) is 0.366. The van der Waals surface area contributed by atoms with Gasteiger partial charge < -0.3 is 24.8 Å². The van der Waals surface area contributed by atoms with Crippen molar-refractivity contribution in [2.24, 2.45) is 5.92 Å². The topological polar surface area (TPSA) is 103 Å². The zero-order chi connectivity index (χ0) is 26.1. The average Bonchev–Trinajstić information content (AvgIpc) is 3.38. The second-order valence-corrected chi connectivity index (χ2v) is 9.93. The summed E-state index contributed by atoms with van der Waals surface area (Å²) in [6.45, 7) is 6.78. The van der Waals surface area contributed by atoms with E-state index in [0.29, 0.717) is 48.0 Å². The number of ether oxygens (including phenoxy) is 1. The number of rotatable bonds is 7. The molecule has 0 atom stereocenters. The van der Waals surface area contributed by atoms with Crippen LogP contribution in [0.1, 0.15) is 23.2 Å². The molecule has 2 aliphatic rings. The van der Waals surface area contributed by atoms with Crippen LogP contribution in [0.3, 0.4) is 0 Å². The van der Waals surface area contributed by atoms with Crippen LogP contribution in [0.5, 0.6) is 5.75 Å². The third-order valence-corrected chi connectivity index (χ3v) is 7.54. The maximum Gasteiger partial charge on any atom is 0.256 e. The van der Waals surface area contributed by atoms with Crippen LogP contribution < -0.4 is 10.1 Å². The Hall–Kier alpha value is -4.40. The lowest BCUT2D eigenvalue weighted by molar-refractivity contribution is -0.127.